The van der Waals surface area contributed by atoms with Gasteiger partial charge in [-0.1, -0.05) is 12.1 Å². The Labute approximate surface area is 235 Å². The van der Waals surface area contributed by atoms with E-state index in [2.05, 4.69) is 47.4 Å². The molecule has 1 aliphatic rings. The number of carbonyl (C=O) groups excluding carboxylic acids is 2. The second-order valence-corrected chi connectivity index (χ2v) is 9.70. The highest BCUT2D eigenvalue weighted by molar-refractivity contribution is 6.06. The Bertz CT molecular complexity index is 1550. The van der Waals surface area contributed by atoms with Gasteiger partial charge in [-0.3, -0.25) is 14.7 Å². The van der Waals surface area contributed by atoms with Crippen molar-refractivity contribution in [3.8, 4) is 11.3 Å². The van der Waals surface area contributed by atoms with Crippen LogP contribution in [-0.2, 0) is 14.3 Å². The maximum atomic E-state index is 15.0. The highest BCUT2D eigenvalue weighted by Crippen LogP contribution is 2.33. The second kappa shape index (κ2) is 12.4. The molecule has 0 radical (unpaired) electrons. The Morgan fingerprint density at radius 2 is 1.95 bits per heavy atom. The zero-order valence-corrected chi connectivity index (χ0v) is 23.0. The number of anilines is 3. The van der Waals surface area contributed by atoms with Gasteiger partial charge in [0.2, 0.25) is 11.9 Å². The van der Waals surface area contributed by atoms with Crippen LogP contribution in [-0.4, -0.2) is 102 Å². The van der Waals surface area contributed by atoms with Gasteiger partial charge in [0, 0.05) is 56.6 Å². The van der Waals surface area contributed by atoms with Crippen LogP contribution in [0.5, 0.6) is 0 Å². The SMILES string of the molecule is COC[C@H](C(=O)Nc1cccc2c(-c3nc(Nc4cncc(C(=O)OC)c4)ncc3F)c[nH]c12)N1CCN(C)CC1. The topological polar surface area (TPSA) is 138 Å². The number of hydrogen-bond donors (Lipinski definition) is 3. The van der Waals surface area contributed by atoms with Gasteiger partial charge in [-0.05, 0) is 19.2 Å². The van der Waals surface area contributed by atoms with Crippen LogP contribution in [0.3, 0.4) is 0 Å². The fraction of sp³-hybridized carbons (Fsp3) is 0.321. The summed E-state index contributed by atoms with van der Waals surface area (Å²) >= 11 is 0. The van der Waals surface area contributed by atoms with E-state index in [1.807, 2.05) is 6.07 Å². The van der Waals surface area contributed by atoms with Crippen molar-refractivity contribution < 1.29 is 23.5 Å². The van der Waals surface area contributed by atoms with Crippen LogP contribution >= 0.6 is 0 Å². The average Bonchev–Trinajstić information content (AvgIpc) is 3.42. The number of pyridine rings is 1. The number of carbonyl (C=O) groups is 2. The van der Waals surface area contributed by atoms with E-state index >= 15 is 4.39 Å². The number of rotatable bonds is 9. The van der Waals surface area contributed by atoms with Gasteiger partial charge < -0.3 is 30.0 Å². The monoisotopic (exact) mass is 562 g/mol. The predicted octanol–water partition coefficient (Wildman–Crippen LogP) is 2.89. The van der Waals surface area contributed by atoms with Gasteiger partial charge in [0.15, 0.2) is 5.82 Å². The molecule has 0 spiro atoms. The van der Waals surface area contributed by atoms with E-state index in [1.165, 1.54) is 25.6 Å². The molecule has 12 nitrogen and oxygen atoms in total. The van der Waals surface area contributed by atoms with Gasteiger partial charge in [-0.25, -0.2) is 19.2 Å². The smallest absolute Gasteiger partial charge is 0.339 e. The third kappa shape index (κ3) is 6.16. The molecule has 4 aromatic rings. The molecule has 0 saturated carbocycles. The number of methoxy groups -OCH3 is 2. The Morgan fingerprint density at radius 3 is 2.71 bits per heavy atom. The van der Waals surface area contributed by atoms with E-state index in [0.717, 1.165) is 32.4 Å². The van der Waals surface area contributed by atoms with Gasteiger partial charge in [0.25, 0.3) is 0 Å². The molecule has 1 aliphatic heterocycles. The van der Waals surface area contributed by atoms with Gasteiger partial charge in [0.1, 0.15) is 11.7 Å². The van der Waals surface area contributed by atoms with Gasteiger partial charge in [0.05, 0.1) is 48.6 Å². The van der Waals surface area contributed by atoms with Crippen LogP contribution in [0.1, 0.15) is 10.4 Å². The standard InChI is InChI=1S/C28H31FN8O4/c1-36-7-9-37(10-8-36)23(16-40-2)26(38)34-22-6-4-5-19-20(14-31-25(19)22)24-21(29)15-32-28(35-24)33-18-11-17(12-30-13-18)27(39)41-3/h4-6,11-15,23,31H,7-10,16H2,1-3H3,(H,34,38)(H,32,33,35)/t23-/m1/s1. The number of esters is 1. The van der Waals surface area contributed by atoms with Crippen molar-refractivity contribution in [2.75, 3.05) is 64.7 Å². The molecule has 1 fully saturated rings. The fourth-order valence-corrected chi connectivity index (χ4v) is 4.79. The predicted molar refractivity (Wildman–Crippen MR) is 152 cm³/mol. The van der Waals surface area contributed by atoms with Crippen molar-refractivity contribution in [2.24, 2.45) is 0 Å². The summed E-state index contributed by atoms with van der Waals surface area (Å²) in [6.07, 6.45) is 5.57. The van der Waals surface area contributed by atoms with Crippen molar-refractivity contribution in [3.63, 3.8) is 0 Å². The number of piperazine rings is 1. The highest BCUT2D eigenvalue weighted by Gasteiger charge is 2.29. The molecule has 13 heteroatoms. The molecule has 0 bridgehead atoms. The maximum absolute atomic E-state index is 15.0. The van der Waals surface area contributed by atoms with E-state index < -0.39 is 17.8 Å². The number of nitrogens with zero attached hydrogens (tertiary/aromatic N) is 5. The quantitative estimate of drug-likeness (QED) is 0.261. The second-order valence-electron chi connectivity index (χ2n) is 9.70. The summed E-state index contributed by atoms with van der Waals surface area (Å²) in [4.78, 5) is 45.2. The molecule has 4 heterocycles. The lowest BCUT2D eigenvalue weighted by Gasteiger charge is -2.36. The fourth-order valence-electron chi connectivity index (χ4n) is 4.79. The van der Waals surface area contributed by atoms with Crippen molar-refractivity contribution in [2.45, 2.75) is 6.04 Å². The summed E-state index contributed by atoms with van der Waals surface area (Å²) in [5.74, 6) is -1.23. The summed E-state index contributed by atoms with van der Waals surface area (Å²) in [6.45, 7) is 3.54. The first-order valence-corrected chi connectivity index (χ1v) is 13.0. The Hall–Kier alpha value is -4.46. The van der Waals surface area contributed by atoms with Crippen molar-refractivity contribution >= 4 is 40.1 Å². The van der Waals surface area contributed by atoms with Crippen LogP contribution in [0.2, 0.25) is 0 Å². The molecule has 3 aromatic heterocycles. The lowest BCUT2D eigenvalue weighted by molar-refractivity contribution is -0.124. The van der Waals surface area contributed by atoms with Gasteiger partial charge in [-0.2, -0.15) is 0 Å². The Morgan fingerprint density at radius 1 is 1.15 bits per heavy atom. The number of amides is 1. The average molecular weight is 563 g/mol. The molecule has 3 N–H and O–H groups in total. The lowest BCUT2D eigenvalue weighted by atomic mass is 10.1. The van der Waals surface area contributed by atoms with Crippen LogP contribution in [0.15, 0.2) is 49.1 Å². The molecule has 1 aromatic carbocycles. The summed E-state index contributed by atoms with van der Waals surface area (Å²) in [6, 6.07) is 6.49. The third-order valence-electron chi connectivity index (χ3n) is 6.99. The minimum atomic E-state index is -0.623. The number of benzene rings is 1. The summed E-state index contributed by atoms with van der Waals surface area (Å²) in [7, 11) is 4.92. The van der Waals surface area contributed by atoms with E-state index in [0.29, 0.717) is 27.8 Å². The first kappa shape index (κ1) is 28.1. The van der Waals surface area contributed by atoms with Crippen molar-refractivity contribution in [1.29, 1.82) is 0 Å². The van der Waals surface area contributed by atoms with Crippen LogP contribution in [0.4, 0.5) is 21.7 Å². The zero-order valence-electron chi connectivity index (χ0n) is 23.0. The number of fused-ring (bicyclic) bond motifs is 1. The first-order valence-electron chi connectivity index (χ1n) is 13.0. The molecule has 0 aliphatic carbocycles. The Kier molecular flexibility index (Phi) is 8.47. The molecule has 1 amide bonds. The van der Waals surface area contributed by atoms with E-state index in [-0.39, 0.29) is 29.7 Å². The summed E-state index contributed by atoms with van der Waals surface area (Å²) in [5.41, 5.74) is 2.42. The molecular formula is C28H31FN8O4. The lowest BCUT2D eigenvalue weighted by Crippen LogP contribution is -2.54. The number of halogens is 1. The number of H-pyrrole nitrogens is 1. The molecule has 5 rings (SSSR count). The summed E-state index contributed by atoms with van der Waals surface area (Å²) in [5, 5.41) is 6.65. The number of aromatic amines is 1. The van der Waals surface area contributed by atoms with Crippen LogP contribution in [0, 0.1) is 5.82 Å². The number of nitrogens with one attached hydrogen (secondary N) is 3. The molecule has 214 valence electrons. The largest absolute Gasteiger partial charge is 0.465 e. The van der Waals surface area contributed by atoms with E-state index in [9.17, 15) is 9.59 Å². The molecular weight excluding hydrogens is 531 g/mol. The zero-order chi connectivity index (χ0) is 28.9. The normalized spacial score (nSPS) is 15.0. The molecule has 0 unspecified atom stereocenters. The molecule has 1 saturated heterocycles. The van der Waals surface area contributed by atoms with Crippen molar-refractivity contribution in [1.82, 2.24) is 29.7 Å². The number of likely N-dealkylation sites (N-methyl/N-ethyl adjacent to an activating group) is 1. The first-order chi connectivity index (χ1) is 19.9. The third-order valence-corrected chi connectivity index (χ3v) is 6.99. The van der Waals surface area contributed by atoms with Crippen molar-refractivity contribution in [3.05, 3.63) is 60.4 Å². The van der Waals surface area contributed by atoms with Gasteiger partial charge >= 0.3 is 5.97 Å². The van der Waals surface area contributed by atoms with Crippen LogP contribution < -0.4 is 10.6 Å². The van der Waals surface area contributed by atoms with Crippen LogP contribution in [0.25, 0.3) is 22.2 Å². The minimum Gasteiger partial charge on any atom is -0.465 e. The molecule has 41 heavy (non-hydrogen) atoms. The minimum absolute atomic E-state index is 0.0593. The van der Waals surface area contributed by atoms with E-state index in [4.69, 9.17) is 9.47 Å². The maximum Gasteiger partial charge on any atom is 0.339 e. The molecule has 1 atom stereocenters. The number of ether oxygens (including phenoxy) is 2. The highest BCUT2D eigenvalue weighted by atomic mass is 19.1. The number of aromatic nitrogens is 4. The van der Waals surface area contributed by atoms with E-state index in [1.54, 1.807) is 25.4 Å². The number of hydrogen-bond acceptors (Lipinski definition) is 10. The number of para-hydroxylation sites is 1. The Balaban J connectivity index is 1.40. The summed E-state index contributed by atoms with van der Waals surface area (Å²) < 4.78 is 25.1. The van der Waals surface area contributed by atoms with Gasteiger partial charge in [-0.15, -0.1) is 0 Å².